The number of benzene rings is 1. The number of carbonyl (C=O) groups excluding carboxylic acids is 1. The lowest BCUT2D eigenvalue weighted by Crippen LogP contribution is -2.15. The fourth-order valence-electron chi connectivity index (χ4n) is 2.68. The summed E-state index contributed by atoms with van der Waals surface area (Å²) in [7, 11) is 0. The van der Waals surface area contributed by atoms with Gasteiger partial charge in [0.2, 0.25) is 5.82 Å². The number of rotatable bonds is 4. The first-order chi connectivity index (χ1) is 12.6. The Balaban J connectivity index is 1.53. The second-order valence-electron chi connectivity index (χ2n) is 6.01. The molecule has 0 atom stereocenters. The average molecular weight is 347 g/mol. The van der Waals surface area contributed by atoms with Crippen LogP contribution in [0.3, 0.4) is 0 Å². The minimum atomic E-state index is -0.420. The van der Waals surface area contributed by atoms with Crippen LogP contribution in [0.1, 0.15) is 27.4 Å². The lowest BCUT2D eigenvalue weighted by Gasteiger charge is -2.07. The monoisotopic (exact) mass is 347 g/mol. The summed E-state index contributed by atoms with van der Waals surface area (Å²) >= 11 is 0. The van der Waals surface area contributed by atoms with Gasteiger partial charge in [0.15, 0.2) is 5.82 Å². The van der Waals surface area contributed by atoms with Crippen molar-refractivity contribution in [1.29, 1.82) is 0 Å². The predicted octanol–water partition coefficient (Wildman–Crippen LogP) is 2.24. The van der Waals surface area contributed by atoms with Crippen molar-refractivity contribution in [3.63, 3.8) is 0 Å². The maximum Gasteiger partial charge on any atom is 0.296 e. The lowest BCUT2D eigenvalue weighted by atomic mass is 10.1. The molecule has 1 aromatic carbocycles. The van der Waals surface area contributed by atoms with Gasteiger partial charge in [0, 0.05) is 24.2 Å². The Hall–Kier alpha value is -3.55. The van der Waals surface area contributed by atoms with Crippen LogP contribution in [-0.4, -0.2) is 35.3 Å². The molecule has 0 aliphatic heterocycles. The highest BCUT2D eigenvalue weighted by molar-refractivity contribution is 6.01. The summed E-state index contributed by atoms with van der Waals surface area (Å²) in [5, 5.41) is 11.3. The third-order valence-electron chi connectivity index (χ3n) is 4.12. The van der Waals surface area contributed by atoms with E-state index in [1.807, 2.05) is 29.8 Å². The molecule has 0 spiro atoms. The molecule has 8 nitrogen and oxygen atoms in total. The predicted molar refractivity (Wildman–Crippen MR) is 96.0 cm³/mol. The number of nitrogens with zero attached hydrogens (tertiary/aromatic N) is 6. The summed E-state index contributed by atoms with van der Waals surface area (Å²) in [6.45, 7) is 4.67. The second kappa shape index (κ2) is 6.40. The van der Waals surface area contributed by atoms with Crippen LogP contribution < -0.4 is 5.32 Å². The van der Waals surface area contributed by atoms with Crippen LogP contribution in [0.5, 0.6) is 0 Å². The Labute approximate surface area is 149 Å². The summed E-state index contributed by atoms with van der Waals surface area (Å²) in [5.41, 5.74) is 3.34. The Morgan fingerprint density at radius 2 is 2.00 bits per heavy atom. The molecule has 0 radical (unpaired) electrons. The lowest BCUT2D eigenvalue weighted by molar-refractivity contribution is 0.101. The first kappa shape index (κ1) is 15.9. The van der Waals surface area contributed by atoms with E-state index in [2.05, 4.69) is 44.5 Å². The van der Waals surface area contributed by atoms with Crippen molar-refractivity contribution in [2.75, 3.05) is 5.32 Å². The zero-order valence-electron chi connectivity index (χ0n) is 14.4. The number of hydrogen-bond donors (Lipinski definition) is 1. The van der Waals surface area contributed by atoms with E-state index in [0.717, 1.165) is 5.69 Å². The largest absolute Gasteiger partial charge is 0.302 e. The van der Waals surface area contributed by atoms with Crippen LogP contribution in [0.25, 0.3) is 5.78 Å². The smallest absolute Gasteiger partial charge is 0.296 e. The molecule has 1 amide bonds. The fraction of sp³-hybridized carbons (Fsp3) is 0.167. The molecule has 3 aromatic heterocycles. The molecule has 0 saturated heterocycles. The molecule has 0 bridgehead atoms. The van der Waals surface area contributed by atoms with E-state index >= 15 is 0 Å². The van der Waals surface area contributed by atoms with Gasteiger partial charge in [-0.1, -0.05) is 24.3 Å². The number of carbonyl (C=O) groups is 1. The van der Waals surface area contributed by atoms with Gasteiger partial charge < -0.3 is 5.32 Å². The van der Waals surface area contributed by atoms with Crippen LogP contribution in [0.15, 0.2) is 48.8 Å². The standard InChI is InChI=1S/C18H17N7O/c1-12-6-3-4-7-14(12)11-25-13(2)10-15(22-25)20-17(26)16-21-18-19-8-5-9-24(18)23-16/h3-10H,11H2,1-2H3,(H,20,22,26). The number of aromatic nitrogens is 6. The van der Waals surface area contributed by atoms with Crippen molar-refractivity contribution in [2.24, 2.45) is 0 Å². The summed E-state index contributed by atoms with van der Waals surface area (Å²) in [4.78, 5) is 20.6. The van der Waals surface area contributed by atoms with Crippen LogP contribution in [0.4, 0.5) is 5.82 Å². The van der Waals surface area contributed by atoms with Crippen molar-refractivity contribution in [2.45, 2.75) is 20.4 Å². The molecule has 1 N–H and O–H groups in total. The normalized spacial score (nSPS) is 11.0. The van der Waals surface area contributed by atoms with Crippen LogP contribution in [-0.2, 0) is 6.54 Å². The van der Waals surface area contributed by atoms with E-state index in [0.29, 0.717) is 18.1 Å². The first-order valence-corrected chi connectivity index (χ1v) is 8.18. The number of aryl methyl sites for hydroxylation is 2. The van der Waals surface area contributed by atoms with E-state index in [-0.39, 0.29) is 5.82 Å². The van der Waals surface area contributed by atoms with Gasteiger partial charge in [-0.05, 0) is 31.0 Å². The van der Waals surface area contributed by atoms with Gasteiger partial charge in [0.05, 0.1) is 6.54 Å². The topological polar surface area (TPSA) is 90.0 Å². The molecule has 0 fully saturated rings. The van der Waals surface area contributed by atoms with Gasteiger partial charge in [-0.25, -0.2) is 9.50 Å². The fourth-order valence-corrected chi connectivity index (χ4v) is 2.68. The summed E-state index contributed by atoms with van der Waals surface area (Å²) in [6.07, 6.45) is 3.29. The molecular formula is C18H17N7O. The van der Waals surface area contributed by atoms with Crippen LogP contribution in [0.2, 0.25) is 0 Å². The van der Waals surface area contributed by atoms with Crippen molar-refractivity contribution >= 4 is 17.5 Å². The molecular weight excluding hydrogens is 330 g/mol. The highest BCUT2D eigenvalue weighted by atomic mass is 16.2. The number of nitrogens with one attached hydrogen (secondary N) is 1. The maximum absolute atomic E-state index is 12.4. The molecule has 4 aromatic rings. The minimum absolute atomic E-state index is 0.0507. The molecule has 0 aliphatic rings. The Bertz CT molecular complexity index is 1060. The third kappa shape index (κ3) is 3.04. The number of amides is 1. The number of anilines is 1. The molecule has 3 heterocycles. The summed E-state index contributed by atoms with van der Waals surface area (Å²) < 4.78 is 3.31. The quantitative estimate of drug-likeness (QED) is 0.611. The van der Waals surface area contributed by atoms with E-state index in [4.69, 9.17) is 0 Å². The average Bonchev–Trinajstić information content (AvgIpc) is 3.20. The minimum Gasteiger partial charge on any atom is -0.302 e. The zero-order chi connectivity index (χ0) is 18.1. The van der Waals surface area contributed by atoms with Crippen molar-refractivity contribution in [3.05, 3.63) is 71.4 Å². The molecule has 0 unspecified atom stereocenters. The Morgan fingerprint density at radius 3 is 2.81 bits per heavy atom. The number of fused-ring (bicyclic) bond motifs is 1. The SMILES string of the molecule is Cc1ccccc1Cn1nc(NC(=O)c2nc3ncccn3n2)cc1C. The second-order valence-corrected chi connectivity index (χ2v) is 6.01. The van der Waals surface area contributed by atoms with Crippen molar-refractivity contribution in [1.82, 2.24) is 29.4 Å². The molecule has 4 rings (SSSR count). The van der Waals surface area contributed by atoms with Gasteiger partial charge >= 0.3 is 0 Å². The van der Waals surface area contributed by atoms with Gasteiger partial charge in [-0.15, -0.1) is 5.10 Å². The molecule has 8 heteroatoms. The summed E-state index contributed by atoms with van der Waals surface area (Å²) in [6, 6.07) is 11.7. The Morgan fingerprint density at radius 1 is 1.15 bits per heavy atom. The maximum atomic E-state index is 12.4. The van der Waals surface area contributed by atoms with E-state index in [1.165, 1.54) is 15.6 Å². The molecule has 0 saturated carbocycles. The van der Waals surface area contributed by atoms with E-state index < -0.39 is 5.91 Å². The highest BCUT2D eigenvalue weighted by Crippen LogP contribution is 2.14. The van der Waals surface area contributed by atoms with Gasteiger partial charge in [0.1, 0.15) is 0 Å². The molecule has 0 aliphatic carbocycles. The Kier molecular flexibility index (Phi) is 3.92. The van der Waals surface area contributed by atoms with Crippen molar-refractivity contribution in [3.8, 4) is 0 Å². The number of hydrogen-bond acceptors (Lipinski definition) is 5. The van der Waals surface area contributed by atoms with E-state index in [1.54, 1.807) is 18.5 Å². The van der Waals surface area contributed by atoms with Crippen LogP contribution >= 0.6 is 0 Å². The van der Waals surface area contributed by atoms with Crippen molar-refractivity contribution < 1.29 is 4.79 Å². The summed E-state index contributed by atoms with van der Waals surface area (Å²) in [5.74, 6) is 0.470. The zero-order valence-corrected chi connectivity index (χ0v) is 14.4. The highest BCUT2D eigenvalue weighted by Gasteiger charge is 2.15. The van der Waals surface area contributed by atoms with Gasteiger partial charge in [0.25, 0.3) is 11.7 Å². The van der Waals surface area contributed by atoms with Crippen LogP contribution in [0, 0.1) is 13.8 Å². The first-order valence-electron chi connectivity index (χ1n) is 8.18. The third-order valence-corrected chi connectivity index (χ3v) is 4.12. The van der Waals surface area contributed by atoms with E-state index in [9.17, 15) is 4.79 Å². The molecule has 130 valence electrons. The van der Waals surface area contributed by atoms with Gasteiger partial charge in [-0.2, -0.15) is 10.1 Å². The molecule has 26 heavy (non-hydrogen) atoms. The van der Waals surface area contributed by atoms with Gasteiger partial charge in [-0.3, -0.25) is 9.48 Å².